The van der Waals surface area contributed by atoms with Gasteiger partial charge in [-0.05, 0) is 29.8 Å². The molecule has 54 heavy (non-hydrogen) atoms. The summed E-state index contributed by atoms with van der Waals surface area (Å²) in [4.78, 5) is 54.1. The first-order chi connectivity index (χ1) is 26.0. The number of nitrogens with zero attached hydrogens (tertiary/aromatic N) is 4. The fourth-order valence-electron chi connectivity index (χ4n) is 5.67. The number of benzene rings is 3. The van der Waals surface area contributed by atoms with E-state index in [1.807, 2.05) is 60.7 Å². The standard InChI is InChI=1S/C39H36N4O10S/c1-22(44)49-21-31-35(50-23(2)45)36(51-24(3)46)37(52-25(4)47)39(53-31)54-38-30(20-40)32(26-12-8-6-9-13-26)34(33(41-38)27-14-10-7-11-15-27)43-42-28-16-18-29(48-5)19-17-28/h6-19,31,35-37,39H,21H2,1-5H3/t31-,35+,36+,37-,39+/m1/s1. The lowest BCUT2D eigenvalue weighted by molar-refractivity contribution is -0.237. The highest BCUT2D eigenvalue weighted by Crippen LogP contribution is 2.46. The lowest BCUT2D eigenvalue weighted by Gasteiger charge is -2.44. The number of hydrogen-bond acceptors (Lipinski definition) is 15. The number of ether oxygens (including phenoxy) is 6. The van der Waals surface area contributed by atoms with Crippen molar-refractivity contribution in [3.8, 4) is 34.2 Å². The van der Waals surface area contributed by atoms with Crippen LogP contribution in [0.25, 0.3) is 22.4 Å². The van der Waals surface area contributed by atoms with Gasteiger partial charge in [-0.25, -0.2) is 4.98 Å². The zero-order valence-electron chi connectivity index (χ0n) is 30.0. The van der Waals surface area contributed by atoms with Gasteiger partial charge in [-0.1, -0.05) is 72.4 Å². The van der Waals surface area contributed by atoms with E-state index >= 15 is 0 Å². The second kappa shape index (κ2) is 18.1. The van der Waals surface area contributed by atoms with Crippen LogP contribution in [0.15, 0.2) is 100 Å². The normalized spacial score (nSPS) is 19.3. The largest absolute Gasteiger partial charge is 0.497 e. The van der Waals surface area contributed by atoms with Gasteiger partial charge in [0.15, 0.2) is 23.7 Å². The Morgan fingerprint density at radius 1 is 0.759 bits per heavy atom. The molecule has 278 valence electrons. The van der Waals surface area contributed by atoms with Gasteiger partial charge >= 0.3 is 23.9 Å². The van der Waals surface area contributed by atoms with E-state index in [2.05, 4.69) is 16.3 Å². The van der Waals surface area contributed by atoms with Crippen molar-refractivity contribution in [2.45, 2.75) is 62.6 Å². The molecule has 0 spiro atoms. The van der Waals surface area contributed by atoms with Crippen LogP contribution in [0.3, 0.4) is 0 Å². The van der Waals surface area contributed by atoms with Crippen molar-refractivity contribution in [3.63, 3.8) is 0 Å². The van der Waals surface area contributed by atoms with Crippen LogP contribution in [-0.4, -0.2) is 72.4 Å². The molecule has 14 nitrogen and oxygen atoms in total. The van der Waals surface area contributed by atoms with E-state index in [4.69, 9.17) is 33.4 Å². The van der Waals surface area contributed by atoms with Crippen LogP contribution in [0.1, 0.15) is 33.3 Å². The van der Waals surface area contributed by atoms with Gasteiger partial charge in [0.05, 0.1) is 24.1 Å². The van der Waals surface area contributed by atoms with Gasteiger partial charge in [0, 0.05) is 38.8 Å². The van der Waals surface area contributed by atoms with Gasteiger partial charge in [-0.15, -0.1) is 5.11 Å². The molecule has 4 aromatic rings. The maximum Gasteiger partial charge on any atom is 0.303 e. The predicted molar refractivity (Wildman–Crippen MR) is 195 cm³/mol. The first-order valence-electron chi connectivity index (χ1n) is 16.6. The van der Waals surface area contributed by atoms with Crippen LogP contribution in [0.2, 0.25) is 0 Å². The Morgan fingerprint density at radius 3 is 1.89 bits per heavy atom. The molecule has 2 heterocycles. The molecular formula is C39H36N4O10S. The Labute approximate surface area is 315 Å². The maximum atomic E-state index is 12.5. The molecule has 0 N–H and O–H groups in total. The van der Waals surface area contributed by atoms with E-state index in [0.29, 0.717) is 39.5 Å². The molecular weight excluding hydrogens is 717 g/mol. The molecule has 0 bridgehead atoms. The van der Waals surface area contributed by atoms with E-state index < -0.39 is 60.3 Å². The number of thioether (sulfide) groups is 1. The first-order valence-corrected chi connectivity index (χ1v) is 17.5. The fraction of sp³-hybridized carbons (Fsp3) is 0.282. The minimum absolute atomic E-state index is 0.0856. The van der Waals surface area contributed by atoms with Gasteiger partial charge < -0.3 is 28.4 Å². The number of methoxy groups -OCH3 is 1. The van der Waals surface area contributed by atoms with Crippen LogP contribution in [0.5, 0.6) is 5.75 Å². The molecule has 0 amide bonds. The second-order valence-electron chi connectivity index (χ2n) is 11.8. The number of carbonyl (C=O) groups excluding carboxylic acids is 4. The summed E-state index contributed by atoms with van der Waals surface area (Å²) in [6.07, 6.45) is -5.35. The summed E-state index contributed by atoms with van der Waals surface area (Å²) in [5.41, 5.74) is 1.68. The number of carbonyl (C=O) groups is 4. The number of nitriles is 1. The van der Waals surface area contributed by atoms with Crippen LogP contribution >= 0.6 is 11.8 Å². The van der Waals surface area contributed by atoms with Crippen LogP contribution in [-0.2, 0) is 42.9 Å². The molecule has 1 aromatic heterocycles. The zero-order valence-corrected chi connectivity index (χ0v) is 30.8. The number of esters is 4. The average molecular weight is 753 g/mol. The van der Waals surface area contributed by atoms with Crippen molar-refractivity contribution in [2.75, 3.05) is 13.7 Å². The number of aromatic nitrogens is 1. The Hall–Kier alpha value is -6.11. The summed E-state index contributed by atoms with van der Waals surface area (Å²) in [6.45, 7) is 4.21. The van der Waals surface area contributed by atoms with Crippen LogP contribution < -0.4 is 4.74 Å². The number of pyridine rings is 1. The molecule has 1 fully saturated rings. The third-order valence-electron chi connectivity index (χ3n) is 7.87. The van der Waals surface area contributed by atoms with Crippen molar-refractivity contribution in [1.29, 1.82) is 5.26 Å². The van der Waals surface area contributed by atoms with Crippen molar-refractivity contribution >= 4 is 47.0 Å². The molecule has 1 aliphatic heterocycles. The molecule has 15 heteroatoms. The van der Waals surface area contributed by atoms with Crippen LogP contribution in [0.4, 0.5) is 11.4 Å². The summed E-state index contributed by atoms with van der Waals surface area (Å²) in [6, 6.07) is 27.5. The third-order valence-corrected chi connectivity index (χ3v) is 9.00. The lowest BCUT2D eigenvalue weighted by Crippen LogP contribution is -2.61. The molecule has 0 unspecified atom stereocenters. The van der Waals surface area contributed by atoms with Gasteiger partial charge in [0.1, 0.15) is 35.2 Å². The van der Waals surface area contributed by atoms with E-state index in [9.17, 15) is 24.4 Å². The molecule has 5 rings (SSSR count). The fourth-order valence-corrected chi connectivity index (χ4v) is 6.85. The average Bonchev–Trinajstić information content (AvgIpc) is 3.15. The van der Waals surface area contributed by atoms with Crippen molar-refractivity contribution in [2.24, 2.45) is 10.2 Å². The molecule has 3 aromatic carbocycles. The lowest BCUT2D eigenvalue weighted by atomic mass is 9.96. The quantitative estimate of drug-likeness (QED) is 0.0829. The smallest absolute Gasteiger partial charge is 0.303 e. The third kappa shape index (κ3) is 9.65. The highest BCUT2D eigenvalue weighted by atomic mass is 32.2. The second-order valence-corrected chi connectivity index (χ2v) is 12.9. The topological polar surface area (TPSA) is 185 Å². The van der Waals surface area contributed by atoms with E-state index in [1.54, 1.807) is 31.4 Å². The molecule has 1 saturated heterocycles. The van der Waals surface area contributed by atoms with Crippen molar-refractivity contribution < 1.29 is 47.6 Å². The zero-order chi connectivity index (χ0) is 38.8. The SMILES string of the molecule is COc1ccc(N=Nc2c(-c3ccccc3)nc(S[C@@H]3O[C@H](COC(C)=O)[C@H](OC(C)=O)[C@H](OC(C)=O)[C@H]3OC(C)=O)c(C#N)c2-c2ccccc2)cc1. The molecule has 5 atom stereocenters. The van der Waals surface area contributed by atoms with Crippen molar-refractivity contribution in [1.82, 2.24) is 4.98 Å². The van der Waals surface area contributed by atoms with Gasteiger partial charge in [-0.2, -0.15) is 10.4 Å². The number of hydrogen-bond donors (Lipinski definition) is 0. The van der Waals surface area contributed by atoms with Crippen molar-refractivity contribution in [3.05, 3.63) is 90.5 Å². The summed E-state index contributed by atoms with van der Waals surface area (Å²) in [5, 5.41) is 20.2. The summed E-state index contributed by atoms with van der Waals surface area (Å²) < 4.78 is 33.7. The number of rotatable bonds is 12. The van der Waals surface area contributed by atoms with Gasteiger partial charge in [0.25, 0.3) is 0 Å². The minimum Gasteiger partial charge on any atom is -0.497 e. The highest BCUT2D eigenvalue weighted by Gasteiger charge is 2.53. The van der Waals surface area contributed by atoms with Gasteiger partial charge in [0.2, 0.25) is 0 Å². The summed E-state index contributed by atoms with van der Waals surface area (Å²) in [7, 11) is 1.56. The highest BCUT2D eigenvalue weighted by molar-refractivity contribution is 7.99. The van der Waals surface area contributed by atoms with E-state index in [-0.39, 0.29) is 10.6 Å². The van der Waals surface area contributed by atoms with Crippen LogP contribution in [0, 0.1) is 11.3 Å². The Balaban J connectivity index is 1.73. The Bertz CT molecular complexity index is 2060. The van der Waals surface area contributed by atoms with E-state index in [0.717, 1.165) is 32.5 Å². The predicted octanol–water partition coefficient (Wildman–Crippen LogP) is 6.89. The Morgan fingerprint density at radius 2 is 1.33 bits per heavy atom. The van der Waals surface area contributed by atoms with E-state index in [1.165, 1.54) is 6.92 Å². The van der Waals surface area contributed by atoms with Gasteiger partial charge in [-0.3, -0.25) is 19.2 Å². The first kappa shape index (κ1) is 39.1. The molecule has 0 radical (unpaired) electrons. The Kier molecular flexibility index (Phi) is 13.1. The summed E-state index contributed by atoms with van der Waals surface area (Å²) in [5.74, 6) is -2.30. The molecule has 1 aliphatic rings. The molecule has 0 aliphatic carbocycles. The number of azo groups is 1. The molecule has 0 saturated carbocycles. The minimum atomic E-state index is -1.41. The maximum absolute atomic E-state index is 12.5. The summed E-state index contributed by atoms with van der Waals surface area (Å²) >= 11 is 0.909. The monoisotopic (exact) mass is 752 g/mol.